The molecule has 0 radical (unpaired) electrons. The molecule has 1 heterocycles. The summed E-state index contributed by atoms with van der Waals surface area (Å²) in [7, 11) is 0. The normalized spacial score (nSPS) is 15.8. The number of nitrogens with zero attached hydrogens (tertiary/aromatic N) is 2. The number of nitrogens with one attached hydrogen (secondary N) is 1. The first-order chi connectivity index (χ1) is 13.2. The smallest absolute Gasteiger partial charge is 0.134 e. The van der Waals surface area contributed by atoms with E-state index >= 15 is 0 Å². The molecule has 0 saturated heterocycles. The van der Waals surface area contributed by atoms with Crippen LogP contribution in [0.2, 0.25) is 10.0 Å². The van der Waals surface area contributed by atoms with Gasteiger partial charge in [-0.1, -0.05) is 83.9 Å². The average Bonchev–Trinajstić information content (AvgIpc) is 3.05. The third-order valence-corrected chi connectivity index (χ3v) is 5.14. The first-order valence-corrected chi connectivity index (χ1v) is 9.40. The summed E-state index contributed by atoms with van der Waals surface area (Å²) < 4.78 is 0. The summed E-state index contributed by atoms with van der Waals surface area (Å²) >= 11 is 12.5. The standard InChI is InChI=1S/C22H17Cl2N3/c23-19-11-5-1-7-15(19)13-25-21-17-9-3-4-10-18(17)22(27-21)26-14-16-8-2-6-12-20(16)24/h1-12H,13-14H2,(H,25,26,27). The van der Waals surface area contributed by atoms with Crippen LogP contribution in [0, 0.1) is 0 Å². The van der Waals surface area contributed by atoms with Gasteiger partial charge < -0.3 is 5.32 Å². The lowest BCUT2D eigenvalue weighted by atomic mass is 10.1. The van der Waals surface area contributed by atoms with E-state index < -0.39 is 0 Å². The van der Waals surface area contributed by atoms with E-state index in [9.17, 15) is 0 Å². The van der Waals surface area contributed by atoms with Crippen molar-refractivity contribution in [3.63, 3.8) is 0 Å². The van der Waals surface area contributed by atoms with Crippen molar-refractivity contribution in [1.29, 1.82) is 0 Å². The van der Waals surface area contributed by atoms with Crippen molar-refractivity contribution in [2.75, 3.05) is 0 Å². The molecule has 0 amide bonds. The molecule has 3 aromatic rings. The number of hydrogen-bond acceptors (Lipinski definition) is 2. The molecular formula is C22H17Cl2N3. The SMILES string of the molecule is Clc1ccccc1CN=C1NC(=NCc2ccccc2Cl)c2ccccc21. The highest BCUT2D eigenvalue weighted by atomic mass is 35.5. The number of rotatable bonds is 4. The van der Waals surface area contributed by atoms with Crippen LogP contribution < -0.4 is 5.32 Å². The second-order valence-corrected chi connectivity index (χ2v) is 7.00. The Bertz CT molecular complexity index is 958. The van der Waals surface area contributed by atoms with Crippen molar-refractivity contribution in [1.82, 2.24) is 5.32 Å². The Morgan fingerprint density at radius 2 is 1.00 bits per heavy atom. The highest BCUT2D eigenvalue weighted by Gasteiger charge is 2.22. The largest absolute Gasteiger partial charge is 0.324 e. The van der Waals surface area contributed by atoms with E-state index in [2.05, 4.69) is 5.32 Å². The maximum Gasteiger partial charge on any atom is 0.134 e. The second kappa shape index (κ2) is 7.95. The molecule has 0 bridgehead atoms. The molecule has 0 unspecified atom stereocenters. The minimum Gasteiger partial charge on any atom is -0.324 e. The fraction of sp³-hybridized carbons (Fsp3) is 0.0909. The fourth-order valence-corrected chi connectivity index (χ4v) is 3.37. The lowest BCUT2D eigenvalue weighted by Crippen LogP contribution is -2.23. The monoisotopic (exact) mass is 393 g/mol. The van der Waals surface area contributed by atoms with E-state index in [-0.39, 0.29) is 0 Å². The molecule has 0 aliphatic carbocycles. The summed E-state index contributed by atoms with van der Waals surface area (Å²) in [6, 6.07) is 23.6. The molecule has 0 aromatic heterocycles. The van der Waals surface area contributed by atoms with Gasteiger partial charge in [0.1, 0.15) is 11.7 Å². The minimum absolute atomic E-state index is 0.508. The van der Waals surface area contributed by atoms with Crippen molar-refractivity contribution in [3.05, 3.63) is 105 Å². The molecule has 0 atom stereocenters. The first-order valence-electron chi connectivity index (χ1n) is 8.65. The van der Waals surface area contributed by atoms with Gasteiger partial charge in [-0.2, -0.15) is 0 Å². The summed E-state index contributed by atoms with van der Waals surface area (Å²) in [6.07, 6.45) is 0. The summed E-state index contributed by atoms with van der Waals surface area (Å²) in [5.41, 5.74) is 4.07. The zero-order valence-corrected chi connectivity index (χ0v) is 16.0. The van der Waals surface area contributed by atoms with Crippen LogP contribution in [0.15, 0.2) is 82.8 Å². The molecule has 134 valence electrons. The number of benzene rings is 3. The van der Waals surface area contributed by atoms with Crippen molar-refractivity contribution < 1.29 is 0 Å². The van der Waals surface area contributed by atoms with E-state index in [0.717, 1.165) is 44.0 Å². The quantitative estimate of drug-likeness (QED) is 0.624. The van der Waals surface area contributed by atoms with Crippen LogP contribution in [-0.2, 0) is 13.1 Å². The molecule has 27 heavy (non-hydrogen) atoms. The summed E-state index contributed by atoms with van der Waals surface area (Å²) in [5, 5.41) is 4.80. The van der Waals surface area contributed by atoms with Crippen LogP contribution in [-0.4, -0.2) is 11.7 Å². The van der Waals surface area contributed by atoms with Gasteiger partial charge in [0.05, 0.1) is 13.1 Å². The van der Waals surface area contributed by atoms with Gasteiger partial charge >= 0.3 is 0 Å². The van der Waals surface area contributed by atoms with Crippen molar-refractivity contribution >= 4 is 34.9 Å². The zero-order chi connectivity index (χ0) is 18.6. The number of amidine groups is 2. The minimum atomic E-state index is 0.508. The summed E-state index contributed by atoms with van der Waals surface area (Å²) in [6.45, 7) is 1.02. The molecule has 5 heteroatoms. The van der Waals surface area contributed by atoms with Crippen molar-refractivity contribution in [3.8, 4) is 0 Å². The van der Waals surface area contributed by atoms with Gasteiger partial charge in [-0.15, -0.1) is 0 Å². The van der Waals surface area contributed by atoms with Crippen molar-refractivity contribution in [2.24, 2.45) is 9.98 Å². The third-order valence-electron chi connectivity index (χ3n) is 4.40. The summed E-state index contributed by atoms with van der Waals surface area (Å²) in [4.78, 5) is 9.47. The molecule has 1 N–H and O–H groups in total. The van der Waals surface area contributed by atoms with Crippen LogP contribution >= 0.6 is 23.2 Å². The second-order valence-electron chi connectivity index (χ2n) is 6.18. The van der Waals surface area contributed by atoms with Crippen LogP contribution in [0.1, 0.15) is 22.3 Å². The molecule has 3 nitrogen and oxygen atoms in total. The van der Waals surface area contributed by atoms with E-state index in [1.54, 1.807) is 0 Å². The Labute approximate surface area is 168 Å². The molecule has 1 aliphatic heterocycles. The van der Waals surface area contributed by atoms with Gasteiger partial charge in [0, 0.05) is 21.2 Å². The highest BCUT2D eigenvalue weighted by molar-refractivity contribution is 6.31. The zero-order valence-electron chi connectivity index (χ0n) is 14.5. The van der Waals surface area contributed by atoms with Crippen LogP contribution in [0.25, 0.3) is 0 Å². The fourth-order valence-electron chi connectivity index (χ4n) is 2.97. The Balaban J connectivity index is 1.61. The van der Waals surface area contributed by atoms with E-state index in [1.165, 1.54) is 0 Å². The number of fused-ring (bicyclic) bond motifs is 1. The maximum absolute atomic E-state index is 6.25. The van der Waals surface area contributed by atoms with Crippen LogP contribution in [0.5, 0.6) is 0 Å². The Morgan fingerprint density at radius 1 is 0.593 bits per heavy atom. The van der Waals surface area contributed by atoms with Crippen LogP contribution in [0.4, 0.5) is 0 Å². The van der Waals surface area contributed by atoms with E-state index in [1.807, 2.05) is 72.8 Å². The van der Waals surface area contributed by atoms with Gasteiger partial charge in [0.25, 0.3) is 0 Å². The van der Waals surface area contributed by atoms with E-state index in [4.69, 9.17) is 33.2 Å². The van der Waals surface area contributed by atoms with Gasteiger partial charge in [-0.05, 0) is 23.3 Å². The van der Waals surface area contributed by atoms with Crippen molar-refractivity contribution in [2.45, 2.75) is 13.1 Å². The third kappa shape index (κ3) is 3.90. The number of aliphatic imine (C=N–C) groups is 2. The predicted octanol–water partition coefficient (Wildman–Crippen LogP) is 5.49. The van der Waals surface area contributed by atoms with E-state index in [0.29, 0.717) is 13.1 Å². The predicted molar refractivity (Wildman–Crippen MR) is 113 cm³/mol. The lowest BCUT2D eigenvalue weighted by molar-refractivity contribution is 1.04. The van der Waals surface area contributed by atoms with Gasteiger partial charge in [-0.3, -0.25) is 9.98 Å². The van der Waals surface area contributed by atoms with Gasteiger partial charge in [0.2, 0.25) is 0 Å². The van der Waals surface area contributed by atoms with Gasteiger partial charge in [0.15, 0.2) is 0 Å². The average molecular weight is 394 g/mol. The van der Waals surface area contributed by atoms with Gasteiger partial charge in [-0.25, -0.2) is 0 Å². The number of hydrogen-bond donors (Lipinski definition) is 1. The molecule has 4 rings (SSSR count). The molecule has 0 fully saturated rings. The Kier molecular flexibility index (Phi) is 5.23. The molecule has 0 spiro atoms. The maximum atomic E-state index is 6.25. The highest BCUT2D eigenvalue weighted by Crippen LogP contribution is 2.21. The first kappa shape index (κ1) is 17.8. The number of halogens is 2. The topological polar surface area (TPSA) is 36.8 Å². The molecule has 0 saturated carbocycles. The molecular weight excluding hydrogens is 377 g/mol. The molecule has 1 aliphatic rings. The Morgan fingerprint density at radius 3 is 1.44 bits per heavy atom. The summed E-state index contributed by atoms with van der Waals surface area (Å²) in [5.74, 6) is 1.62. The van der Waals surface area contributed by atoms with Crippen LogP contribution in [0.3, 0.4) is 0 Å². The lowest BCUT2D eigenvalue weighted by Gasteiger charge is -2.04. The Hall–Kier alpha value is -2.62. The molecule has 3 aromatic carbocycles.